The molecule has 2 N–H and O–H groups in total. The summed E-state index contributed by atoms with van der Waals surface area (Å²) in [6.07, 6.45) is 7.72. The minimum atomic E-state index is 0.617. The third kappa shape index (κ3) is 2.28. The van der Waals surface area contributed by atoms with Crippen LogP contribution < -0.4 is 5.73 Å². The maximum absolute atomic E-state index is 6.56. The molecule has 1 saturated carbocycles. The van der Waals surface area contributed by atoms with Crippen molar-refractivity contribution in [3.8, 4) is 0 Å². The second-order valence-corrected chi connectivity index (χ2v) is 7.61. The van der Waals surface area contributed by atoms with E-state index in [2.05, 4.69) is 6.92 Å². The third-order valence-electron chi connectivity index (χ3n) is 5.60. The predicted molar refractivity (Wildman–Crippen MR) is 93.3 cm³/mol. The molecule has 0 radical (unpaired) electrons. The predicted octanol–water partition coefficient (Wildman–Crippen LogP) is 5.33. The molecule has 2 nitrogen and oxygen atoms in total. The molecule has 0 amide bonds. The van der Waals surface area contributed by atoms with Crippen LogP contribution in [0.15, 0.2) is 18.2 Å². The smallest absolute Gasteiger partial charge is 0.0741 e. The summed E-state index contributed by atoms with van der Waals surface area (Å²) in [5, 5.41) is 1.80. The van der Waals surface area contributed by atoms with Crippen molar-refractivity contribution in [2.75, 3.05) is 5.73 Å². The highest BCUT2D eigenvalue weighted by Gasteiger charge is 2.37. The molecule has 2 aliphatic carbocycles. The maximum atomic E-state index is 6.56. The Kier molecular flexibility index (Phi) is 3.53. The normalized spacial score (nSPS) is 26.9. The molecule has 1 fully saturated rings. The first-order chi connectivity index (χ1) is 10.7. The van der Waals surface area contributed by atoms with Gasteiger partial charge < -0.3 is 5.73 Å². The van der Waals surface area contributed by atoms with Crippen molar-refractivity contribution in [3.05, 3.63) is 34.5 Å². The summed E-state index contributed by atoms with van der Waals surface area (Å²) < 4.78 is 0. The van der Waals surface area contributed by atoms with E-state index in [1.54, 1.807) is 0 Å². The van der Waals surface area contributed by atoms with Gasteiger partial charge in [0.05, 0.1) is 5.52 Å². The van der Waals surface area contributed by atoms with Crippen LogP contribution in [0.5, 0.6) is 0 Å². The number of benzene rings is 1. The summed E-state index contributed by atoms with van der Waals surface area (Å²) in [5.74, 6) is 2.29. The van der Waals surface area contributed by atoms with Gasteiger partial charge >= 0.3 is 0 Å². The van der Waals surface area contributed by atoms with E-state index in [-0.39, 0.29) is 0 Å². The Morgan fingerprint density at radius 3 is 2.95 bits per heavy atom. The Hall–Kier alpha value is -1.28. The average Bonchev–Trinajstić information content (AvgIpc) is 2.46. The van der Waals surface area contributed by atoms with Gasteiger partial charge in [-0.05, 0) is 61.6 Å². The first-order valence-corrected chi connectivity index (χ1v) is 8.91. The van der Waals surface area contributed by atoms with Gasteiger partial charge in [-0.25, -0.2) is 0 Å². The van der Waals surface area contributed by atoms with Crippen LogP contribution >= 0.6 is 11.6 Å². The first kappa shape index (κ1) is 14.3. The number of nitrogens with zero attached hydrogens (tertiary/aromatic N) is 1. The Labute approximate surface area is 137 Å². The molecule has 0 spiro atoms. The van der Waals surface area contributed by atoms with Gasteiger partial charge in [0.25, 0.3) is 0 Å². The SMILES string of the molecule is CCCC1CC2Cc3nc4cc(Cl)ccc4c(N)c3C(C1)C2. The minimum absolute atomic E-state index is 0.617. The summed E-state index contributed by atoms with van der Waals surface area (Å²) in [7, 11) is 0. The maximum Gasteiger partial charge on any atom is 0.0741 e. The molecule has 1 aromatic heterocycles. The fraction of sp³-hybridized carbons (Fsp3) is 0.526. The van der Waals surface area contributed by atoms with Crippen molar-refractivity contribution in [1.82, 2.24) is 4.98 Å². The zero-order valence-corrected chi connectivity index (χ0v) is 13.9. The van der Waals surface area contributed by atoms with Crippen LogP contribution in [-0.2, 0) is 6.42 Å². The van der Waals surface area contributed by atoms with Gasteiger partial charge in [-0.2, -0.15) is 0 Å². The molecule has 3 heteroatoms. The molecule has 22 heavy (non-hydrogen) atoms. The molecular formula is C19H23ClN2. The molecule has 0 aliphatic heterocycles. The summed E-state index contributed by atoms with van der Waals surface area (Å²) in [4.78, 5) is 4.93. The summed E-state index contributed by atoms with van der Waals surface area (Å²) in [6.45, 7) is 2.30. The number of nitrogen functional groups attached to an aromatic ring is 1. The minimum Gasteiger partial charge on any atom is -0.398 e. The highest BCUT2D eigenvalue weighted by atomic mass is 35.5. The molecule has 116 valence electrons. The van der Waals surface area contributed by atoms with E-state index in [1.165, 1.54) is 43.4 Å². The van der Waals surface area contributed by atoms with E-state index in [0.717, 1.165) is 39.9 Å². The second-order valence-electron chi connectivity index (χ2n) is 7.18. The van der Waals surface area contributed by atoms with Crippen LogP contribution in [0.25, 0.3) is 10.9 Å². The molecule has 2 bridgehead atoms. The van der Waals surface area contributed by atoms with Gasteiger partial charge in [0.1, 0.15) is 0 Å². The van der Waals surface area contributed by atoms with E-state index in [1.807, 2.05) is 18.2 Å². The van der Waals surface area contributed by atoms with Crippen molar-refractivity contribution in [2.45, 2.75) is 51.4 Å². The Morgan fingerprint density at radius 2 is 2.14 bits per heavy atom. The number of hydrogen-bond donors (Lipinski definition) is 1. The van der Waals surface area contributed by atoms with Crippen LogP contribution in [-0.4, -0.2) is 4.98 Å². The Balaban J connectivity index is 1.82. The van der Waals surface area contributed by atoms with E-state index < -0.39 is 0 Å². The molecule has 2 aromatic rings. The van der Waals surface area contributed by atoms with E-state index in [0.29, 0.717) is 5.92 Å². The number of nitrogens with two attached hydrogens (primary N) is 1. The zero-order chi connectivity index (χ0) is 15.3. The van der Waals surface area contributed by atoms with Crippen molar-refractivity contribution in [2.24, 2.45) is 11.8 Å². The summed E-state index contributed by atoms with van der Waals surface area (Å²) in [6, 6.07) is 5.89. The van der Waals surface area contributed by atoms with Crippen molar-refractivity contribution in [1.29, 1.82) is 0 Å². The monoisotopic (exact) mass is 314 g/mol. The lowest BCUT2D eigenvalue weighted by Crippen LogP contribution is -2.29. The highest BCUT2D eigenvalue weighted by Crippen LogP contribution is 2.49. The Morgan fingerprint density at radius 1 is 1.27 bits per heavy atom. The molecule has 3 atom stereocenters. The molecular weight excluding hydrogens is 292 g/mol. The fourth-order valence-corrected chi connectivity index (χ4v) is 4.99. The van der Waals surface area contributed by atoms with Crippen molar-refractivity contribution >= 4 is 28.2 Å². The molecule has 1 heterocycles. The van der Waals surface area contributed by atoms with Gasteiger partial charge in [0.15, 0.2) is 0 Å². The fourth-order valence-electron chi connectivity index (χ4n) is 4.83. The molecule has 1 aromatic carbocycles. The summed E-state index contributed by atoms with van der Waals surface area (Å²) in [5.41, 5.74) is 11.1. The van der Waals surface area contributed by atoms with Gasteiger partial charge in [-0.3, -0.25) is 4.98 Å². The lowest BCUT2D eigenvalue weighted by atomic mass is 9.65. The molecule has 4 rings (SSSR count). The van der Waals surface area contributed by atoms with E-state index in [4.69, 9.17) is 22.3 Å². The highest BCUT2D eigenvalue weighted by molar-refractivity contribution is 6.31. The van der Waals surface area contributed by atoms with Crippen LogP contribution in [0, 0.1) is 11.8 Å². The van der Waals surface area contributed by atoms with Crippen molar-refractivity contribution in [3.63, 3.8) is 0 Å². The molecule has 2 aliphatic rings. The lowest BCUT2D eigenvalue weighted by molar-refractivity contribution is 0.210. The van der Waals surface area contributed by atoms with Gasteiger partial charge in [-0.15, -0.1) is 0 Å². The first-order valence-electron chi connectivity index (χ1n) is 8.53. The number of anilines is 1. The lowest BCUT2D eigenvalue weighted by Gasteiger charge is -2.40. The summed E-state index contributed by atoms with van der Waals surface area (Å²) >= 11 is 6.12. The largest absolute Gasteiger partial charge is 0.398 e. The van der Waals surface area contributed by atoms with E-state index in [9.17, 15) is 0 Å². The van der Waals surface area contributed by atoms with E-state index >= 15 is 0 Å². The van der Waals surface area contributed by atoms with Gasteiger partial charge in [0.2, 0.25) is 0 Å². The van der Waals surface area contributed by atoms with Crippen LogP contribution in [0.2, 0.25) is 5.02 Å². The number of halogens is 1. The standard InChI is InChI=1S/C19H23ClN2/c1-2-3-11-6-12-8-13(7-11)18-17(9-12)22-16-10-14(20)4-5-15(16)19(18)21/h4-5,10-13H,2-3,6-9H2,1H3,(H2,21,22). The quantitative estimate of drug-likeness (QED) is 0.814. The topological polar surface area (TPSA) is 38.9 Å². The van der Waals surface area contributed by atoms with Crippen LogP contribution in [0.4, 0.5) is 5.69 Å². The number of pyridine rings is 1. The zero-order valence-electron chi connectivity index (χ0n) is 13.1. The number of fused-ring (bicyclic) bond motifs is 5. The Bertz CT molecular complexity index is 725. The average molecular weight is 315 g/mol. The van der Waals surface area contributed by atoms with Gasteiger partial charge in [-0.1, -0.05) is 31.4 Å². The van der Waals surface area contributed by atoms with Crippen LogP contribution in [0.3, 0.4) is 0 Å². The van der Waals surface area contributed by atoms with Crippen LogP contribution in [0.1, 0.15) is 56.2 Å². The molecule has 3 unspecified atom stereocenters. The number of rotatable bonds is 2. The third-order valence-corrected chi connectivity index (χ3v) is 5.83. The second kappa shape index (κ2) is 5.42. The number of aromatic nitrogens is 1. The molecule has 0 saturated heterocycles. The van der Waals surface area contributed by atoms with Gasteiger partial charge in [0, 0.05) is 27.4 Å². The van der Waals surface area contributed by atoms with Crippen molar-refractivity contribution < 1.29 is 0 Å². The number of hydrogen-bond acceptors (Lipinski definition) is 2.